The Morgan fingerprint density at radius 3 is 1.12 bits per heavy atom. The van der Waals surface area contributed by atoms with Crippen LogP contribution in [0, 0.1) is 10.1 Å². The van der Waals surface area contributed by atoms with E-state index in [4.69, 9.17) is 0 Å². The zero-order valence-corrected chi connectivity index (χ0v) is 23.2. The molecule has 0 aliphatic rings. The zero-order chi connectivity index (χ0) is 28.9. The minimum atomic E-state index is -0.383. The number of non-ortho nitro benzene ring substituents is 1. The second-order valence-electron chi connectivity index (χ2n) is 10.0. The predicted molar refractivity (Wildman–Crippen MR) is 173 cm³/mol. The maximum Gasteiger partial charge on any atom is 0.269 e. The number of benzene rings is 6. The van der Waals surface area contributed by atoms with Crippen LogP contribution in [0.5, 0.6) is 0 Å². The van der Waals surface area contributed by atoms with E-state index in [-0.39, 0.29) is 10.6 Å². The fraction of sp³-hybridized carbons (Fsp3) is 0.0270. The van der Waals surface area contributed by atoms with E-state index >= 15 is 0 Å². The fourth-order valence-corrected chi connectivity index (χ4v) is 5.09. The molecule has 6 aromatic rings. The molecule has 5 heteroatoms. The quantitative estimate of drug-likeness (QED) is 0.140. The lowest BCUT2D eigenvalue weighted by Crippen LogP contribution is -2.12. The summed E-state index contributed by atoms with van der Waals surface area (Å²) in [5.41, 5.74) is 9.76. The van der Waals surface area contributed by atoms with E-state index in [1.54, 1.807) is 12.1 Å². The highest BCUT2D eigenvalue weighted by molar-refractivity contribution is 5.81. The molecular formula is C37H29N3O2. The molecular weight excluding hydrogens is 518 g/mol. The van der Waals surface area contributed by atoms with Crippen LogP contribution in [0.3, 0.4) is 0 Å². The molecule has 0 unspecified atom stereocenters. The number of nitrogens with zero attached hydrogens (tertiary/aromatic N) is 3. The second-order valence-corrected chi connectivity index (χ2v) is 10.0. The van der Waals surface area contributed by atoms with Gasteiger partial charge in [-0.3, -0.25) is 10.1 Å². The van der Waals surface area contributed by atoms with Crippen LogP contribution in [0.4, 0.5) is 34.1 Å². The van der Waals surface area contributed by atoms with E-state index in [1.165, 1.54) is 34.4 Å². The van der Waals surface area contributed by atoms with Crippen molar-refractivity contribution in [2.45, 2.75) is 0 Å². The van der Waals surface area contributed by atoms with Crippen molar-refractivity contribution in [2.75, 3.05) is 16.8 Å². The molecule has 0 aliphatic carbocycles. The normalized spacial score (nSPS) is 10.7. The van der Waals surface area contributed by atoms with Crippen LogP contribution in [0.25, 0.3) is 22.3 Å². The van der Waals surface area contributed by atoms with Crippen LogP contribution >= 0.6 is 0 Å². The van der Waals surface area contributed by atoms with Gasteiger partial charge in [0, 0.05) is 47.6 Å². The number of hydrogen-bond donors (Lipinski definition) is 0. The summed E-state index contributed by atoms with van der Waals surface area (Å²) in [5.74, 6) is 0. The van der Waals surface area contributed by atoms with Crippen molar-refractivity contribution in [3.8, 4) is 22.3 Å². The Morgan fingerprint density at radius 1 is 0.429 bits per heavy atom. The summed E-state index contributed by atoms with van der Waals surface area (Å²) < 4.78 is 0. The Bertz CT molecular complexity index is 1690. The van der Waals surface area contributed by atoms with E-state index in [9.17, 15) is 10.1 Å². The summed E-state index contributed by atoms with van der Waals surface area (Å²) in [6.07, 6.45) is 0. The van der Waals surface area contributed by atoms with Crippen LogP contribution in [0.15, 0.2) is 158 Å². The van der Waals surface area contributed by atoms with Gasteiger partial charge in [0.25, 0.3) is 5.69 Å². The fourth-order valence-electron chi connectivity index (χ4n) is 5.09. The van der Waals surface area contributed by atoms with E-state index < -0.39 is 0 Å². The third-order valence-electron chi connectivity index (χ3n) is 7.41. The van der Waals surface area contributed by atoms with Crippen LogP contribution in [0.2, 0.25) is 0 Å². The molecule has 0 heterocycles. The van der Waals surface area contributed by atoms with Gasteiger partial charge < -0.3 is 9.80 Å². The molecule has 6 aromatic carbocycles. The molecule has 0 amide bonds. The van der Waals surface area contributed by atoms with Crippen molar-refractivity contribution >= 4 is 34.1 Å². The summed E-state index contributed by atoms with van der Waals surface area (Å²) in [6, 6.07) is 53.0. The molecule has 204 valence electrons. The molecule has 42 heavy (non-hydrogen) atoms. The number of nitro groups is 1. The third-order valence-corrected chi connectivity index (χ3v) is 7.41. The lowest BCUT2D eigenvalue weighted by Gasteiger charge is -2.27. The topological polar surface area (TPSA) is 49.6 Å². The van der Waals surface area contributed by atoms with Crippen molar-refractivity contribution < 1.29 is 4.92 Å². The van der Waals surface area contributed by atoms with Crippen molar-refractivity contribution in [1.82, 2.24) is 0 Å². The predicted octanol–water partition coefficient (Wildman–Crippen LogP) is 10.2. The molecule has 0 saturated heterocycles. The number of nitro benzene ring substituents is 1. The number of rotatable bonds is 8. The summed E-state index contributed by atoms with van der Waals surface area (Å²) in [6.45, 7) is 0. The minimum Gasteiger partial charge on any atom is -0.345 e. The van der Waals surface area contributed by atoms with Gasteiger partial charge in [0.05, 0.1) is 4.92 Å². The molecule has 0 saturated carbocycles. The third kappa shape index (κ3) is 5.62. The van der Waals surface area contributed by atoms with Crippen LogP contribution in [-0.2, 0) is 0 Å². The Morgan fingerprint density at radius 2 is 0.738 bits per heavy atom. The standard InChI is InChI=1S/C37H29N3O2/c1-38(33-22-26-37(27-23-33)40(41)42)32-20-24-36(25-21-32)39(34-16-12-30(13-17-34)28-8-4-2-5-9-28)35-18-14-31(15-19-35)29-10-6-3-7-11-29/h2-27H,1H3. The number of hydrogen-bond acceptors (Lipinski definition) is 4. The average molecular weight is 548 g/mol. The summed E-state index contributed by atoms with van der Waals surface area (Å²) in [5, 5.41) is 11.1. The van der Waals surface area contributed by atoms with Gasteiger partial charge in [0.2, 0.25) is 0 Å². The van der Waals surface area contributed by atoms with E-state index in [0.29, 0.717) is 0 Å². The molecule has 6 rings (SSSR count). The highest BCUT2D eigenvalue weighted by Crippen LogP contribution is 2.38. The van der Waals surface area contributed by atoms with Crippen molar-refractivity contribution in [1.29, 1.82) is 0 Å². The molecule has 0 aliphatic heterocycles. The average Bonchev–Trinajstić information content (AvgIpc) is 3.06. The first-order chi connectivity index (χ1) is 20.6. The zero-order valence-electron chi connectivity index (χ0n) is 23.2. The first-order valence-corrected chi connectivity index (χ1v) is 13.8. The SMILES string of the molecule is CN(c1ccc(N(c2ccc(-c3ccccc3)cc2)c2ccc(-c3ccccc3)cc2)cc1)c1ccc([N+](=O)[O-])cc1. The van der Waals surface area contributed by atoms with Gasteiger partial charge in [0.1, 0.15) is 0 Å². The smallest absolute Gasteiger partial charge is 0.269 e. The highest BCUT2D eigenvalue weighted by atomic mass is 16.6. The Kier molecular flexibility index (Phi) is 7.47. The van der Waals surface area contributed by atoms with Gasteiger partial charge in [-0.2, -0.15) is 0 Å². The summed E-state index contributed by atoms with van der Waals surface area (Å²) >= 11 is 0. The summed E-state index contributed by atoms with van der Waals surface area (Å²) in [4.78, 5) is 14.9. The van der Waals surface area contributed by atoms with Gasteiger partial charge in [-0.05, 0) is 82.9 Å². The van der Waals surface area contributed by atoms with Gasteiger partial charge >= 0.3 is 0 Å². The van der Waals surface area contributed by atoms with E-state index in [0.717, 1.165) is 28.4 Å². The minimum absolute atomic E-state index is 0.0784. The van der Waals surface area contributed by atoms with Gasteiger partial charge in [-0.15, -0.1) is 0 Å². The lowest BCUT2D eigenvalue weighted by atomic mass is 10.0. The van der Waals surface area contributed by atoms with Crippen molar-refractivity contribution in [2.24, 2.45) is 0 Å². The Labute approximate surface area is 245 Å². The molecule has 0 radical (unpaired) electrons. The van der Waals surface area contributed by atoms with Gasteiger partial charge in [-0.1, -0.05) is 84.9 Å². The monoisotopic (exact) mass is 547 g/mol. The molecule has 0 atom stereocenters. The molecule has 0 bridgehead atoms. The first-order valence-electron chi connectivity index (χ1n) is 13.8. The molecule has 0 spiro atoms. The van der Waals surface area contributed by atoms with E-state index in [1.807, 2.05) is 24.1 Å². The second kappa shape index (κ2) is 11.8. The van der Waals surface area contributed by atoms with Crippen LogP contribution < -0.4 is 9.80 Å². The molecule has 5 nitrogen and oxygen atoms in total. The summed E-state index contributed by atoms with van der Waals surface area (Å²) in [7, 11) is 1.96. The highest BCUT2D eigenvalue weighted by Gasteiger charge is 2.15. The van der Waals surface area contributed by atoms with E-state index in [2.05, 4.69) is 126 Å². The van der Waals surface area contributed by atoms with Gasteiger partial charge in [-0.25, -0.2) is 0 Å². The lowest BCUT2D eigenvalue weighted by molar-refractivity contribution is -0.384. The first kappa shape index (κ1) is 26.5. The van der Waals surface area contributed by atoms with Crippen LogP contribution in [0.1, 0.15) is 0 Å². The largest absolute Gasteiger partial charge is 0.345 e. The van der Waals surface area contributed by atoms with Crippen LogP contribution in [-0.4, -0.2) is 12.0 Å². The maximum absolute atomic E-state index is 11.1. The van der Waals surface area contributed by atoms with Crippen molar-refractivity contribution in [3.63, 3.8) is 0 Å². The molecule has 0 N–H and O–H groups in total. The van der Waals surface area contributed by atoms with Gasteiger partial charge in [0.15, 0.2) is 0 Å². The Balaban J connectivity index is 1.34. The Hall–Kier alpha value is -5.68. The molecule has 0 aromatic heterocycles. The molecule has 0 fully saturated rings. The maximum atomic E-state index is 11.1. The number of anilines is 5. The van der Waals surface area contributed by atoms with Crippen molar-refractivity contribution in [3.05, 3.63) is 168 Å².